The number of carbonyl (C=O) groups is 2. The van der Waals surface area contributed by atoms with Crippen LogP contribution in [0.1, 0.15) is 20.8 Å². The number of hydrogen-bond acceptors (Lipinski definition) is 2. The Labute approximate surface area is 85.2 Å². The molecule has 2 atom stereocenters. The molecule has 0 aliphatic carbocycles. The third kappa shape index (κ3) is 5.24. The number of amides is 3. The second-order valence-corrected chi connectivity index (χ2v) is 3.27. The van der Waals surface area contributed by atoms with Crippen LogP contribution < -0.4 is 10.6 Å². The van der Waals surface area contributed by atoms with Crippen LogP contribution in [-0.4, -0.2) is 24.2 Å². The van der Waals surface area contributed by atoms with Gasteiger partial charge in [-0.25, -0.2) is 4.79 Å². The summed E-state index contributed by atoms with van der Waals surface area (Å²) in [4.78, 5) is 21.3. The van der Waals surface area contributed by atoms with Gasteiger partial charge in [0.2, 0.25) is 5.91 Å². The molecule has 0 heterocycles. The highest BCUT2D eigenvalue weighted by molar-refractivity contribution is 5.93. The van der Waals surface area contributed by atoms with Crippen molar-refractivity contribution in [1.82, 2.24) is 10.6 Å². The molecule has 7 heteroatoms. The van der Waals surface area contributed by atoms with Gasteiger partial charge in [0.1, 0.15) is 0 Å². The molecule has 0 aromatic rings. The lowest BCUT2D eigenvalue weighted by Crippen LogP contribution is -2.47. The summed E-state index contributed by atoms with van der Waals surface area (Å²) in [5, 5.41) is 3.85. The molecule has 0 bridgehead atoms. The average molecular weight is 226 g/mol. The van der Waals surface area contributed by atoms with Crippen LogP contribution in [0.15, 0.2) is 0 Å². The van der Waals surface area contributed by atoms with Crippen molar-refractivity contribution in [2.45, 2.75) is 33.0 Å². The lowest BCUT2D eigenvalue weighted by Gasteiger charge is -2.23. The fourth-order valence-corrected chi connectivity index (χ4v) is 0.811. The molecule has 0 aliphatic heterocycles. The summed E-state index contributed by atoms with van der Waals surface area (Å²) in [5.41, 5.74) is 0. The maximum absolute atomic E-state index is 12.2. The zero-order valence-electron chi connectivity index (χ0n) is 8.61. The molecule has 0 aromatic carbocycles. The molecule has 0 fully saturated rings. The van der Waals surface area contributed by atoms with Gasteiger partial charge in [0, 0.05) is 13.0 Å². The van der Waals surface area contributed by atoms with Crippen LogP contribution in [-0.2, 0) is 4.79 Å². The molecule has 0 spiro atoms. The Kier molecular flexibility index (Phi) is 4.57. The van der Waals surface area contributed by atoms with Crippen LogP contribution in [0.4, 0.5) is 18.0 Å². The lowest BCUT2D eigenvalue weighted by molar-refractivity contribution is -0.175. The zero-order chi connectivity index (χ0) is 12.2. The fourth-order valence-electron chi connectivity index (χ4n) is 0.811. The molecule has 15 heavy (non-hydrogen) atoms. The SMILES string of the molecule is CC(=O)NC(=O)N[C@@H](C)C(C)C(F)(F)F. The van der Waals surface area contributed by atoms with E-state index in [2.05, 4.69) is 0 Å². The molecule has 0 radical (unpaired) electrons. The highest BCUT2D eigenvalue weighted by atomic mass is 19.4. The number of nitrogens with one attached hydrogen (secondary N) is 2. The molecule has 0 aromatic heterocycles. The number of imide groups is 1. The van der Waals surface area contributed by atoms with Gasteiger partial charge >= 0.3 is 12.2 Å². The topological polar surface area (TPSA) is 58.2 Å². The van der Waals surface area contributed by atoms with Gasteiger partial charge in [-0.3, -0.25) is 10.1 Å². The Hall–Kier alpha value is -1.27. The van der Waals surface area contributed by atoms with E-state index in [1.807, 2.05) is 10.6 Å². The third-order valence-corrected chi connectivity index (χ3v) is 1.91. The summed E-state index contributed by atoms with van der Waals surface area (Å²) in [7, 11) is 0. The second kappa shape index (κ2) is 4.99. The number of rotatable bonds is 2. The minimum absolute atomic E-state index is 0.626. The van der Waals surface area contributed by atoms with E-state index in [-0.39, 0.29) is 0 Å². The molecule has 88 valence electrons. The van der Waals surface area contributed by atoms with E-state index in [4.69, 9.17) is 0 Å². The van der Waals surface area contributed by atoms with Gasteiger partial charge in [0.05, 0.1) is 5.92 Å². The summed E-state index contributed by atoms with van der Waals surface area (Å²) >= 11 is 0. The Balaban J connectivity index is 4.19. The van der Waals surface area contributed by atoms with Crippen LogP contribution in [0.5, 0.6) is 0 Å². The zero-order valence-corrected chi connectivity index (χ0v) is 8.61. The largest absolute Gasteiger partial charge is 0.393 e. The maximum Gasteiger partial charge on any atom is 0.393 e. The summed E-state index contributed by atoms with van der Waals surface area (Å²) in [6.07, 6.45) is -4.37. The van der Waals surface area contributed by atoms with Crippen molar-refractivity contribution < 1.29 is 22.8 Å². The minimum Gasteiger partial charge on any atom is -0.335 e. The molecule has 0 saturated carbocycles. The summed E-state index contributed by atoms with van der Waals surface area (Å²) in [6.45, 7) is 3.27. The molecular formula is C8H13F3N2O2. The van der Waals surface area contributed by atoms with Crippen LogP contribution in [0.2, 0.25) is 0 Å². The number of alkyl halides is 3. The van der Waals surface area contributed by atoms with Gasteiger partial charge in [-0.2, -0.15) is 13.2 Å². The van der Waals surface area contributed by atoms with Crippen molar-refractivity contribution in [3.8, 4) is 0 Å². The number of halogens is 3. The van der Waals surface area contributed by atoms with Crippen LogP contribution >= 0.6 is 0 Å². The van der Waals surface area contributed by atoms with Crippen molar-refractivity contribution in [3.05, 3.63) is 0 Å². The monoisotopic (exact) mass is 226 g/mol. The van der Waals surface area contributed by atoms with Crippen molar-refractivity contribution in [2.24, 2.45) is 5.92 Å². The Bertz CT molecular complexity index is 253. The Morgan fingerprint density at radius 2 is 1.67 bits per heavy atom. The predicted octanol–water partition coefficient (Wildman–Crippen LogP) is 1.42. The van der Waals surface area contributed by atoms with E-state index in [1.165, 1.54) is 6.92 Å². The standard InChI is InChI=1S/C8H13F3N2O2/c1-4(8(9,10)11)5(2)12-7(15)13-6(3)14/h4-5H,1-3H3,(H2,12,13,14,15)/t4?,5-/m0/s1. The smallest absolute Gasteiger partial charge is 0.335 e. The van der Waals surface area contributed by atoms with Crippen LogP contribution in [0.3, 0.4) is 0 Å². The molecule has 0 aliphatic rings. The first-order valence-corrected chi connectivity index (χ1v) is 4.29. The highest BCUT2D eigenvalue weighted by Gasteiger charge is 2.39. The molecular weight excluding hydrogens is 213 g/mol. The molecule has 0 rings (SSSR count). The van der Waals surface area contributed by atoms with Gasteiger partial charge in [-0.05, 0) is 6.92 Å². The van der Waals surface area contributed by atoms with E-state index in [0.29, 0.717) is 0 Å². The van der Waals surface area contributed by atoms with Gasteiger partial charge in [0.25, 0.3) is 0 Å². The average Bonchev–Trinajstić information content (AvgIpc) is 1.99. The second-order valence-electron chi connectivity index (χ2n) is 3.27. The summed E-state index contributed by atoms with van der Waals surface area (Å²) in [5.74, 6) is -2.30. The maximum atomic E-state index is 12.2. The van der Waals surface area contributed by atoms with Crippen molar-refractivity contribution in [2.75, 3.05) is 0 Å². The summed E-state index contributed by atoms with van der Waals surface area (Å²) < 4.78 is 36.5. The van der Waals surface area contributed by atoms with E-state index < -0.39 is 30.1 Å². The Morgan fingerprint density at radius 1 is 1.20 bits per heavy atom. The van der Waals surface area contributed by atoms with Crippen molar-refractivity contribution in [3.63, 3.8) is 0 Å². The lowest BCUT2D eigenvalue weighted by atomic mass is 10.0. The minimum atomic E-state index is -4.37. The molecule has 0 saturated heterocycles. The van der Waals surface area contributed by atoms with Crippen molar-refractivity contribution >= 4 is 11.9 Å². The van der Waals surface area contributed by atoms with Gasteiger partial charge < -0.3 is 5.32 Å². The third-order valence-electron chi connectivity index (χ3n) is 1.91. The predicted molar refractivity (Wildman–Crippen MR) is 47.0 cm³/mol. The van der Waals surface area contributed by atoms with E-state index >= 15 is 0 Å². The molecule has 4 nitrogen and oxygen atoms in total. The number of carbonyl (C=O) groups excluding carboxylic acids is 2. The molecule has 1 unspecified atom stereocenters. The number of urea groups is 1. The molecule has 3 amide bonds. The van der Waals surface area contributed by atoms with Gasteiger partial charge in [0.15, 0.2) is 0 Å². The van der Waals surface area contributed by atoms with Gasteiger partial charge in [-0.15, -0.1) is 0 Å². The highest BCUT2D eigenvalue weighted by Crippen LogP contribution is 2.27. The first-order chi connectivity index (χ1) is 6.64. The van der Waals surface area contributed by atoms with Crippen LogP contribution in [0.25, 0.3) is 0 Å². The summed E-state index contributed by atoms with van der Waals surface area (Å²) in [6, 6.07) is -2.02. The van der Waals surface area contributed by atoms with E-state index in [9.17, 15) is 22.8 Å². The fraction of sp³-hybridized carbons (Fsp3) is 0.750. The van der Waals surface area contributed by atoms with Crippen LogP contribution in [0, 0.1) is 5.92 Å². The molecule has 2 N–H and O–H groups in total. The van der Waals surface area contributed by atoms with E-state index in [1.54, 1.807) is 0 Å². The number of hydrogen-bond donors (Lipinski definition) is 2. The normalized spacial score (nSPS) is 15.3. The first-order valence-electron chi connectivity index (χ1n) is 4.29. The Morgan fingerprint density at radius 3 is 2.00 bits per heavy atom. The first kappa shape index (κ1) is 13.7. The van der Waals surface area contributed by atoms with Gasteiger partial charge in [-0.1, -0.05) is 6.92 Å². The quantitative estimate of drug-likeness (QED) is 0.748. The van der Waals surface area contributed by atoms with Crippen molar-refractivity contribution in [1.29, 1.82) is 0 Å². The van der Waals surface area contributed by atoms with E-state index in [0.717, 1.165) is 13.8 Å².